The van der Waals surface area contributed by atoms with Crippen molar-refractivity contribution in [3.05, 3.63) is 56.0 Å². The lowest BCUT2D eigenvalue weighted by Gasteiger charge is -2.14. The van der Waals surface area contributed by atoms with Crippen molar-refractivity contribution in [1.82, 2.24) is 0 Å². The van der Waals surface area contributed by atoms with Crippen LogP contribution in [0.3, 0.4) is 0 Å². The highest BCUT2D eigenvalue weighted by Gasteiger charge is 2.33. The van der Waals surface area contributed by atoms with Crippen molar-refractivity contribution in [3.63, 3.8) is 0 Å². The quantitative estimate of drug-likeness (QED) is 0.543. The van der Waals surface area contributed by atoms with Crippen LogP contribution in [0.2, 0.25) is 0 Å². The monoisotopic (exact) mass is 381 g/mol. The Morgan fingerprint density at radius 2 is 2.10 bits per heavy atom. The second kappa shape index (κ2) is 5.81. The van der Waals surface area contributed by atoms with Crippen LogP contribution in [0.4, 0.5) is 5.69 Å². The minimum atomic E-state index is -0.0634. The van der Waals surface area contributed by atoms with E-state index >= 15 is 0 Å². The molecule has 1 aliphatic rings. The fraction of sp³-hybridized carbons (Fsp3) is 0. The normalized spacial score (nSPS) is 17.2. The number of nitrogens with zero attached hydrogens (tertiary/aromatic N) is 1. The zero-order valence-corrected chi connectivity index (χ0v) is 14.1. The second-order valence-electron chi connectivity index (χ2n) is 4.01. The first-order valence-electron chi connectivity index (χ1n) is 5.72. The van der Waals surface area contributed by atoms with Crippen LogP contribution in [-0.4, -0.2) is 10.2 Å². The van der Waals surface area contributed by atoms with Gasteiger partial charge in [0, 0.05) is 9.35 Å². The topological polar surface area (TPSA) is 20.3 Å². The highest BCUT2D eigenvalue weighted by Crippen LogP contribution is 2.37. The predicted octanol–water partition coefficient (Wildman–Crippen LogP) is 4.92. The highest BCUT2D eigenvalue weighted by molar-refractivity contribution is 9.10. The molecule has 1 fully saturated rings. The molecule has 0 radical (unpaired) electrons. The maximum atomic E-state index is 12.5. The molecule has 0 saturated carbocycles. The van der Waals surface area contributed by atoms with Crippen LogP contribution >= 0.6 is 51.2 Å². The molecule has 1 aliphatic heterocycles. The Morgan fingerprint density at radius 3 is 2.80 bits per heavy atom. The van der Waals surface area contributed by atoms with E-state index < -0.39 is 0 Å². The molecule has 1 saturated heterocycles. The van der Waals surface area contributed by atoms with Crippen molar-refractivity contribution in [2.24, 2.45) is 0 Å². The predicted molar refractivity (Wildman–Crippen MR) is 94.1 cm³/mol. The third-order valence-corrected chi connectivity index (χ3v) is 5.29. The first kappa shape index (κ1) is 14.0. The number of hydrogen-bond donors (Lipinski definition) is 0. The van der Waals surface area contributed by atoms with E-state index in [0.29, 0.717) is 9.23 Å². The Labute approximate surface area is 138 Å². The Balaban J connectivity index is 1.95. The van der Waals surface area contributed by atoms with Crippen LogP contribution in [0.5, 0.6) is 0 Å². The summed E-state index contributed by atoms with van der Waals surface area (Å²) in [6.45, 7) is 0. The summed E-state index contributed by atoms with van der Waals surface area (Å²) in [5, 5.41) is 1.99. The zero-order chi connectivity index (χ0) is 14.1. The van der Waals surface area contributed by atoms with Gasteiger partial charge in [0.05, 0.1) is 10.6 Å². The van der Waals surface area contributed by atoms with E-state index in [4.69, 9.17) is 12.2 Å². The molecule has 20 heavy (non-hydrogen) atoms. The second-order valence-corrected chi connectivity index (χ2v) is 7.58. The van der Waals surface area contributed by atoms with E-state index in [-0.39, 0.29) is 5.91 Å². The Bertz CT molecular complexity index is 709. The van der Waals surface area contributed by atoms with E-state index in [0.717, 1.165) is 15.0 Å². The van der Waals surface area contributed by atoms with E-state index in [1.807, 2.05) is 47.9 Å². The number of thiocarbonyl (C=S) groups is 1. The van der Waals surface area contributed by atoms with Gasteiger partial charge in [-0.3, -0.25) is 9.69 Å². The summed E-state index contributed by atoms with van der Waals surface area (Å²) in [4.78, 5) is 15.8. The Morgan fingerprint density at radius 1 is 1.25 bits per heavy atom. The maximum Gasteiger partial charge on any atom is 0.270 e. The number of anilines is 1. The number of benzene rings is 1. The molecule has 0 bridgehead atoms. The molecule has 2 nitrogen and oxygen atoms in total. The molecule has 1 amide bonds. The van der Waals surface area contributed by atoms with Gasteiger partial charge in [-0.15, -0.1) is 11.3 Å². The van der Waals surface area contributed by atoms with Gasteiger partial charge in [0.1, 0.15) is 0 Å². The highest BCUT2D eigenvalue weighted by atomic mass is 79.9. The third kappa shape index (κ3) is 2.74. The van der Waals surface area contributed by atoms with Crippen molar-refractivity contribution < 1.29 is 4.79 Å². The summed E-state index contributed by atoms with van der Waals surface area (Å²) in [5.74, 6) is -0.0634. The molecule has 2 heterocycles. The number of carbonyl (C=O) groups excluding carboxylic acids is 1. The summed E-state index contributed by atoms with van der Waals surface area (Å²) in [5.41, 5.74) is 0.788. The fourth-order valence-corrected chi connectivity index (χ4v) is 4.22. The fourth-order valence-electron chi connectivity index (χ4n) is 1.81. The molecule has 100 valence electrons. The van der Waals surface area contributed by atoms with Gasteiger partial charge in [0.15, 0.2) is 4.32 Å². The van der Waals surface area contributed by atoms with Crippen LogP contribution in [0, 0.1) is 0 Å². The van der Waals surface area contributed by atoms with Crippen LogP contribution in [0.25, 0.3) is 6.08 Å². The molecular formula is C14H8BrNOS3. The minimum absolute atomic E-state index is 0.0634. The molecule has 1 aromatic heterocycles. The van der Waals surface area contributed by atoms with Gasteiger partial charge in [-0.1, -0.05) is 52.0 Å². The number of thiophene rings is 1. The molecule has 0 spiro atoms. The number of halogens is 1. The summed E-state index contributed by atoms with van der Waals surface area (Å²) < 4.78 is 1.49. The zero-order valence-electron chi connectivity index (χ0n) is 10.1. The van der Waals surface area contributed by atoms with Gasteiger partial charge in [-0.25, -0.2) is 0 Å². The van der Waals surface area contributed by atoms with Crippen LogP contribution in [-0.2, 0) is 4.79 Å². The molecule has 0 atom stereocenters. The lowest BCUT2D eigenvalue weighted by Crippen LogP contribution is -2.27. The summed E-state index contributed by atoms with van der Waals surface area (Å²) in [6.07, 6.45) is 1.89. The van der Waals surface area contributed by atoms with E-state index in [9.17, 15) is 4.79 Å². The average molecular weight is 382 g/mol. The molecular weight excluding hydrogens is 374 g/mol. The smallest absolute Gasteiger partial charge is 0.268 e. The van der Waals surface area contributed by atoms with Crippen molar-refractivity contribution in [2.75, 3.05) is 4.90 Å². The third-order valence-electron chi connectivity index (χ3n) is 2.68. The summed E-state index contributed by atoms with van der Waals surface area (Å²) >= 11 is 11.7. The average Bonchev–Trinajstić information content (AvgIpc) is 2.99. The standard InChI is InChI=1S/C14H8BrNOS3/c15-9-3-1-4-10(7-9)16-13(17)12(20-14(16)18)8-11-5-2-6-19-11/h1-8H/b12-8+. The van der Waals surface area contributed by atoms with Gasteiger partial charge >= 0.3 is 0 Å². The summed E-state index contributed by atoms with van der Waals surface area (Å²) in [7, 11) is 0. The van der Waals surface area contributed by atoms with Crippen molar-refractivity contribution in [3.8, 4) is 0 Å². The van der Waals surface area contributed by atoms with Gasteiger partial charge in [0.2, 0.25) is 0 Å². The molecule has 6 heteroatoms. The van der Waals surface area contributed by atoms with Gasteiger partial charge < -0.3 is 0 Å². The first-order chi connectivity index (χ1) is 9.65. The Hall–Kier alpha value is -0.950. The van der Waals surface area contributed by atoms with Crippen molar-refractivity contribution in [2.45, 2.75) is 0 Å². The minimum Gasteiger partial charge on any atom is -0.268 e. The van der Waals surface area contributed by atoms with Crippen molar-refractivity contribution in [1.29, 1.82) is 0 Å². The molecule has 0 aliphatic carbocycles. The SMILES string of the molecule is O=C1/C(=C\c2cccs2)SC(=S)N1c1cccc(Br)c1. The number of thioether (sulfide) groups is 1. The van der Waals surface area contributed by atoms with Crippen LogP contribution < -0.4 is 4.90 Å². The number of carbonyl (C=O) groups is 1. The lowest BCUT2D eigenvalue weighted by atomic mass is 10.3. The van der Waals surface area contributed by atoms with Crippen LogP contribution in [0.1, 0.15) is 4.88 Å². The lowest BCUT2D eigenvalue weighted by molar-refractivity contribution is -0.113. The largest absolute Gasteiger partial charge is 0.270 e. The van der Waals surface area contributed by atoms with E-state index in [2.05, 4.69) is 15.9 Å². The van der Waals surface area contributed by atoms with Crippen molar-refractivity contribution >= 4 is 73.2 Å². The first-order valence-corrected chi connectivity index (χ1v) is 8.62. The number of hydrogen-bond acceptors (Lipinski definition) is 4. The van der Waals surface area contributed by atoms with Gasteiger partial charge in [-0.2, -0.15) is 0 Å². The van der Waals surface area contributed by atoms with Gasteiger partial charge in [-0.05, 0) is 35.7 Å². The number of amides is 1. The molecule has 0 N–H and O–H groups in total. The molecule has 0 unspecified atom stereocenters. The van der Waals surface area contributed by atoms with E-state index in [1.54, 1.807) is 16.2 Å². The van der Waals surface area contributed by atoms with E-state index in [1.165, 1.54) is 11.8 Å². The van der Waals surface area contributed by atoms with Gasteiger partial charge in [0.25, 0.3) is 5.91 Å². The van der Waals surface area contributed by atoms with Crippen LogP contribution in [0.15, 0.2) is 51.2 Å². The maximum absolute atomic E-state index is 12.5. The molecule has 1 aromatic carbocycles. The number of rotatable bonds is 2. The molecule has 3 rings (SSSR count). The Kier molecular flexibility index (Phi) is 4.07. The molecule has 2 aromatic rings. The summed E-state index contributed by atoms with van der Waals surface area (Å²) in [6, 6.07) is 11.5.